The fourth-order valence-corrected chi connectivity index (χ4v) is 2.66. The maximum Gasteiger partial charge on any atom is 0.446 e. The van der Waals surface area contributed by atoms with E-state index in [1.807, 2.05) is 0 Å². The van der Waals surface area contributed by atoms with Crippen molar-refractivity contribution in [2.24, 2.45) is 0 Å². The number of carbonyl (C=O) groups is 1. The van der Waals surface area contributed by atoms with Gasteiger partial charge < -0.3 is 5.32 Å². The Balaban J connectivity index is 1.77. The van der Waals surface area contributed by atoms with Crippen molar-refractivity contribution in [1.29, 1.82) is 0 Å². The Kier molecular flexibility index (Phi) is 4.75. The molecule has 5 nitrogen and oxygen atoms in total. The number of hydrogen-bond donors (Lipinski definition) is 1. The van der Waals surface area contributed by atoms with Gasteiger partial charge in [0.05, 0.1) is 23.8 Å². The fourth-order valence-electron chi connectivity index (χ4n) is 2.12. The molecule has 0 bridgehead atoms. The molecule has 0 aliphatic heterocycles. The lowest BCUT2D eigenvalue weighted by Gasteiger charge is -2.11. The Morgan fingerprint density at radius 3 is 2.44 bits per heavy atom. The van der Waals surface area contributed by atoms with Gasteiger partial charge in [0.2, 0.25) is 0 Å². The lowest BCUT2D eigenvalue weighted by atomic mass is 10.2. The Hall–Kier alpha value is -2.81. The zero-order chi connectivity index (χ0) is 17.9. The third kappa shape index (κ3) is 4.38. The maximum atomic E-state index is 12.3. The average molecular weight is 364 g/mol. The third-order valence-electron chi connectivity index (χ3n) is 3.17. The highest BCUT2D eigenvalue weighted by atomic mass is 32.2. The van der Waals surface area contributed by atoms with E-state index in [4.69, 9.17) is 0 Å². The van der Waals surface area contributed by atoms with Crippen LogP contribution in [-0.4, -0.2) is 26.4 Å². The molecule has 1 amide bonds. The van der Waals surface area contributed by atoms with E-state index in [0.717, 1.165) is 0 Å². The van der Waals surface area contributed by atoms with Gasteiger partial charge in [0, 0.05) is 10.5 Å². The summed E-state index contributed by atoms with van der Waals surface area (Å²) in [5, 5.41) is 10.3. The molecule has 0 saturated heterocycles. The van der Waals surface area contributed by atoms with E-state index in [1.54, 1.807) is 30.5 Å². The number of anilines is 1. The molecule has 1 N–H and O–H groups in total. The zero-order valence-corrected chi connectivity index (χ0v) is 13.4. The summed E-state index contributed by atoms with van der Waals surface area (Å²) < 4.78 is 38.5. The van der Waals surface area contributed by atoms with Gasteiger partial charge in [-0.3, -0.25) is 4.79 Å². The number of nitrogens with zero attached hydrogens (tertiary/aromatic N) is 3. The second-order valence-corrected chi connectivity index (χ2v) is 6.03. The van der Waals surface area contributed by atoms with Crippen molar-refractivity contribution >= 4 is 23.4 Å². The molecule has 0 spiro atoms. The van der Waals surface area contributed by atoms with Crippen LogP contribution in [-0.2, 0) is 0 Å². The number of hydrogen-bond acceptors (Lipinski definition) is 4. The minimum atomic E-state index is -4.36. The van der Waals surface area contributed by atoms with E-state index in [-0.39, 0.29) is 22.2 Å². The van der Waals surface area contributed by atoms with Crippen LogP contribution in [0, 0.1) is 0 Å². The summed E-state index contributed by atoms with van der Waals surface area (Å²) in [6, 6.07) is 12.2. The van der Waals surface area contributed by atoms with Gasteiger partial charge in [0.15, 0.2) is 0 Å². The minimum absolute atomic E-state index is 0.0204. The quantitative estimate of drug-likeness (QED) is 0.707. The van der Waals surface area contributed by atoms with Gasteiger partial charge in [-0.15, -0.1) is 5.10 Å². The van der Waals surface area contributed by atoms with Crippen LogP contribution >= 0.6 is 11.8 Å². The second kappa shape index (κ2) is 6.98. The van der Waals surface area contributed by atoms with E-state index < -0.39 is 11.4 Å². The van der Waals surface area contributed by atoms with Crippen molar-refractivity contribution in [3.63, 3.8) is 0 Å². The SMILES string of the molecule is O=C(Nc1ccccc1-n1ccnn1)c1ccc(SC(F)(F)F)cc1. The number of thioether (sulfide) groups is 1. The maximum absolute atomic E-state index is 12.3. The van der Waals surface area contributed by atoms with Gasteiger partial charge in [0.1, 0.15) is 0 Å². The number of amides is 1. The summed E-state index contributed by atoms with van der Waals surface area (Å²) in [7, 11) is 0. The lowest BCUT2D eigenvalue weighted by Crippen LogP contribution is -2.14. The van der Waals surface area contributed by atoms with Gasteiger partial charge in [-0.25, -0.2) is 4.68 Å². The number of aromatic nitrogens is 3. The van der Waals surface area contributed by atoms with E-state index in [9.17, 15) is 18.0 Å². The van der Waals surface area contributed by atoms with Gasteiger partial charge in [-0.05, 0) is 48.2 Å². The first kappa shape index (κ1) is 17.0. The van der Waals surface area contributed by atoms with E-state index in [1.165, 1.54) is 35.1 Å². The van der Waals surface area contributed by atoms with Crippen LogP contribution in [0.25, 0.3) is 5.69 Å². The molecule has 0 radical (unpaired) electrons. The van der Waals surface area contributed by atoms with Crippen molar-refractivity contribution in [3.8, 4) is 5.69 Å². The number of para-hydroxylation sites is 2. The van der Waals surface area contributed by atoms with Crippen LogP contribution in [0.4, 0.5) is 18.9 Å². The highest BCUT2D eigenvalue weighted by Crippen LogP contribution is 2.36. The fraction of sp³-hybridized carbons (Fsp3) is 0.0625. The molecule has 3 aromatic rings. The summed E-state index contributed by atoms with van der Waals surface area (Å²) in [5.74, 6) is -0.434. The van der Waals surface area contributed by atoms with Crippen LogP contribution < -0.4 is 5.32 Å². The van der Waals surface area contributed by atoms with E-state index in [0.29, 0.717) is 11.4 Å². The number of alkyl halides is 3. The molecular formula is C16H11F3N4OS. The second-order valence-electron chi connectivity index (χ2n) is 4.89. The standard InChI is InChI=1S/C16H11F3N4OS/c17-16(18,19)25-12-7-5-11(6-8-12)15(24)21-13-3-1-2-4-14(13)23-10-9-20-22-23/h1-10H,(H,21,24). The summed E-state index contributed by atoms with van der Waals surface area (Å²) >= 11 is -0.224. The topological polar surface area (TPSA) is 59.8 Å². The molecule has 0 fully saturated rings. The monoisotopic (exact) mass is 364 g/mol. The van der Waals surface area contributed by atoms with Gasteiger partial charge in [0.25, 0.3) is 5.91 Å². The van der Waals surface area contributed by atoms with Gasteiger partial charge in [-0.2, -0.15) is 13.2 Å². The van der Waals surface area contributed by atoms with Crippen LogP contribution in [0.15, 0.2) is 65.8 Å². The number of nitrogens with one attached hydrogen (secondary N) is 1. The first-order valence-corrected chi connectivity index (χ1v) is 7.87. The average Bonchev–Trinajstić information content (AvgIpc) is 3.09. The molecule has 25 heavy (non-hydrogen) atoms. The van der Waals surface area contributed by atoms with E-state index >= 15 is 0 Å². The van der Waals surface area contributed by atoms with Crippen molar-refractivity contribution < 1.29 is 18.0 Å². The molecule has 1 aromatic heterocycles. The Morgan fingerprint density at radius 2 is 1.80 bits per heavy atom. The third-order valence-corrected chi connectivity index (χ3v) is 3.91. The first-order valence-electron chi connectivity index (χ1n) is 7.05. The predicted molar refractivity (Wildman–Crippen MR) is 87.7 cm³/mol. The van der Waals surface area contributed by atoms with Crippen molar-refractivity contribution in [3.05, 3.63) is 66.5 Å². The molecule has 3 rings (SSSR count). The Bertz CT molecular complexity index is 864. The Morgan fingerprint density at radius 1 is 1.08 bits per heavy atom. The minimum Gasteiger partial charge on any atom is -0.320 e. The highest BCUT2D eigenvalue weighted by Gasteiger charge is 2.29. The normalized spacial score (nSPS) is 11.3. The zero-order valence-electron chi connectivity index (χ0n) is 12.6. The lowest BCUT2D eigenvalue weighted by molar-refractivity contribution is -0.0328. The Labute approximate surface area is 144 Å². The summed E-state index contributed by atoms with van der Waals surface area (Å²) in [6.07, 6.45) is 3.14. The summed E-state index contributed by atoms with van der Waals surface area (Å²) in [5.41, 5.74) is -2.98. The largest absolute Gasteiger partial charge is 0.446 e. The van der Waals surface area contributed by atoms with E-state index in [2.05, 4.69) is 15.6 Å². The highest BCUT2D eigenvalue weighted by molar-refractivity contribution is 8.00. The molecule has 1 heterocycles. The summed E-state index contributed by atoms with van der Waals surface area (Å²) in [4.78, 5) is 12.4. The van der Waals surface area contributed by atoms with Gasteiger partial charge in [-0.1, -0.05) is 17.3 Å². The number of carbonyl (C=O) groups excluding carboxylic acids is 1. The van der Waals surface area contributed by atoms with Crippen LogP contribution in [0.1, 0.15) is 10.4 Å². The van der Waals surface area contributed by atoms with Crippen molar-refractivity contribution in [2.45, 2.75) is 10.4 Å². The molecule has 9 heteroatoms. The van der Waals surface area contributed by atoms with Crippen LogP contribution in [0.2, 0.25) is 0 Å². The molecule has 128 valence electrons. The first-order chi connectivity index (χ1) is 11.9. The molecule has 0 aliphatic rings. The van der Waals surface area contributed by atoms with Gasteiger partial charge >= 0.3 is 5.51 Å². The molecule has 0 aliphatic carbocycles. The number of rotatable bonds is 4. The molecular weight excluding hydrogens is 353 g/mol. The van der Waals surface area contributed by atoms with Crippen LogP contribution in [0.5, 0.6) is 0 Å². The van der Waals surface area contributed by atoms with Crippen molar-refractivity contribution in [1.82, 2.24) is 15.0 Å². The molecule has 2 aromatic carbocycles. The molecule has 0 saturated carbocycles. The smallest absolute Gasteiger partial charge is 0.320 e. The van der Waals surface area contributed by atoms with Crippen LogP contribution in [0.3, 0.4) is 0 Å². The molecule has 0 atom stereocenters. The molecule has 0 unspecified atom stereocenters. The van der Waals surface area contributed by atoms with Crippen molar-refractivity contribution in [2.75, 3.05) is 5.32 Å². The summed E-state index contributed by atoms with van der Waals surface area (Å²) in [6.45, 7) is 0. The number of benzene rings is 2. The number of halogens is 3. The predicted octanol–water partition coefficient (Wildman–Crippen LogP) is 4.13.